The summed E-state index contributed by atoms with van der Waals surface area (Å²) in [5, 5.41) is 0. The molecule has 2 atom stereocenters. The molecule has 1 aliphatic rings. The minimum Gasteiger partial charge on any atom is -0.378 e. The van der Waals surface area contributed by atoms with Crippen molar-refractivity contribution < 1.29 is 35.9 Å². The van der Waals surface area contributed by atoms with Crippen molar-refractivity contribution in [1.82, 2.24) is 19.2 Å². The van der Waals surface area contributed by atoms with Crippen LogP contribution in [0, 0.1) is 13.8 Å². The van der Waals surface area contributed by atoms with Gasteiger partial charge in [0.05, 0.1) is 48.3 Å². The molecule has 12 nitrogen and oxygen atoms in total. The topological polar surface area (TPSA) is 151 Å². The van der Waals surface area contributed by atoms with E-state index in [1.165, 1.54) is 47.9 Å². The molecule has 14 heteroatoms. The summed E-state index contributed by atoms with van der Waals surface area (Å²) in [4.78, 5) is 29.3. The van der Waals surface area contributed by atoms with Crippen LogP contribution in [-0.4, -0.2) is 103 Å². The molecular formula is C28H40N4O8S2. The SMILES string of the molecule is Cc1ccc(S(=O)(=O)N[C@@H](C)C(=O)N2CCOCCN(C(=O)[C@@H](C)NS(=O)(=O)c3ccc(C)cc3)CCOCC2)cc1. The summed E-state index contributed by atoms with van der Waals surface area (Å²) in [6.07, 6.45) is 0. The van der Waals surface area contributed by atoms with Gasteiger partial charge >= 0.3 is 0 Å². The van der Waals surface area contributed by atoms with Crippen molar-refractivity contribution in [2.45, 2.75) is 49.6 Å². The molecule has 0 aromatic heterocycles. The van der Waals surface area contributed by atoms with Crippen molar-refractivity contribution in [3.8, 4) is 0 Å². The quantitative estimate of drug-likeness (QED) is 0.442. The number of carbonyl (C=O) groups is 2. The van der Waals surface area contributed by atoms with Gasteiger partial charge in [-0.1, -0.05) is 35.4 Å². The Morgan fingerprint density at radius 2 is 0.905 bits per heavy atom. The highest BCUT2D eigenvalue weighted by Crippen LogP contribution is 2.13. The number of sulfonamides is 2. The van der Waals surface area contributed by atoms with Crippen molar-refractivity contribution in [2.75, 3.05) is 52.6 Å². The highest BCUT2D eigenvalue weighted by atomic mass is 32.2. The normalized spacial score (nSPS) is 17.5. The van der Waals surface area contributed by atoms with E-state index in [-0.39, 0.29) is 62.4 Å². The Morgan fingerprint density at radius 1 is 0.619 bits per heavy atom. The Kier molecular flexibility index (Phi) is 12.0. The Morgan fingerprint density at radius 3 is 1.19 bits per heavy atom. The molecule has 2 N–H and O–H groups in total. The van der Waals surface area contributed by atoms with Gasteiger partial charge in [0.1, 0.15) is 0 Å². The molecule has 1 heterocycles. The minimum atomic E-state index is -3.89. The third kappa shape index (κ3) is 9.57. The predicted molar refractivity (Wildman–Crippen MR) is 157 cm³/mol. The van der Waals surface area contributed by atoms with Crippen molar-refractivity contribution in [3.05, 3.63) is 59.7 Å². The van der Waals surface area contributed by atoms with Gasteiger partial charge in [-0.2, -0.15) is 9.44 Å². The maximum atomic E-state index is 13.1. The molecule has 2 amide bonds. The number of benzene rings is 2. The van der Waals surface area contributed by atoms with Gasteiger partial charge < -0.3 is 19.3 Å². The van der Waals surface area contributed by atoms with Crippen LogP contribution in [0.1, 0.15) is 25.0 Å². The fourth-order valence-corrected chi connectivity index (χ4v) is 6.65. The van der Waals surface area contributed by atoms with Gasteiger partial charge in [-0.15, -0.1) is 0 Å². The smallest absolute Gasteiger partial charge is 0.241 e. The number of nitrogens with zero attached hydrogens (tertiary/aromatic N) is 2. The van der Waals surface area contributed by atoms with Gasteiger partial charge in [-0.3, -0.25) is 9.59 Å². The first-order valence-electron chi connectivity index (χ1n) is 13.7. The summed E-state index contributed by atoms with van der Waals surface area (Å²) in [5.74, 6) is -0.831. The van der Waals surface area contributed by atoms with Crippen LogP contribution in [0.3, 0.4) is 0 Å². The van der Waals surface area contributed by atoms with Crippen LogP contribution in [0.25, 0.3) is 0 Å². The molecule has 42 heavy (non-hydrogen) atoms. The summed E-state index contributed by atoms with van der Waals surface area (Å²) in [7, 11) is -7.78. The molecule has 0 saturated carbocycles. The Hall–Kier alpha value is -2.88. The van der Waals surface area contributed by atoms with Crippen molar-refractivity contribution in [1.29, 1.82) is 0 Å². The molecule has 2 aromatic carbocycles. The molecule has 1 fully saturated rings. The average molecular weight is 625 g/mol. The third-order valence-electron chi connectivity index (χ3n) is 6.71. The van der Waals surface area contributed by atoms with Gasteiger partial charge in [0.15, 0.2) is 0 Å². The first-order chi connectivity index (χ1) is 19.8. The number of hydrogen-bond donors (Lipinski definition) is 2. The molecule has 3 rings (SSSR count). The van der Waals surface area contributed by atoms with E-state index in [9.17, 15) is 26.4 Å². The molecule has 232 valence electrons. The molecule has 0 radical (unpaired) electrons. The largest absolute Gasteiger partial charge is 0.378 e. The molecule has 0 aliphatic carbocycles. The van der Waals surface area contributed by atoms with Crippen LogP contribution in [0.5, 0.6) is 0 Å². The van der Waals surface area contributed by atoms with E-state index in [4.69, 9.17) is 9.47 Å². The van der Waals surface area contributed by atoms with Gasteiger partial charge in [0, 0.05) is 26.2 Å². The highest BCUT2D eigenvalue weighted by molar-refractivity contribution is 7.89. The van der Waals surface area contributed by atoms with Gasteiger partial charge in [0.2, 0.25) is 31.9 Å². The average Bonchev–Trinajstić information content (AvgIpc) is 2.92. The first-order valence-corrected chi connectivity index (χ1v) is 16.7. The van der Waals surface area contributed by atoms with Crippen molar-refractivity contribution in [2.24, 2.45) is 0 Å². The van der Waals surface area contributed by atoms with E-state index in [1.54, 1.807) is 24.3 Å². The number of rotatable bonds is 8. The number of hydrogen-bond acceptors (Lipinski definition) is 8. The monoisotopic (exact) mass is 624 g/mol. The van der Waals surface area contributed by atoms with Crippen LogP contribution < -0.4 is 9.44 Å². The lowest BCUT2D eigenvalue weighted by atomic mass is 10.2. The van der Waals surface area contributed by atoms with Crippen LogP contribution in [-0.2, 0) is 39.1 Å². The second-order valence-corrected chi connectivity index (χ2v) is 13.6. The molecular weight excluding hydrogens is 584 g/mol. The molecule has 1 aliphatic heterocycles. The van der Waals surface area contributed by atoms with Gasteiger partial charge in [-0.25, -0.2) is 16.8 Å². The Bertz CT molecular complexity index is 1290. The number of aryl methyl sites for hydroxylation is 2. The number of nitrogens with one attached hydrogen (secondary N) is 2. The fourth-order valence-electron chi connectivity index (χ4n) is 4.25. The van der Waals surface area contributed by atoms with Gasteiger partial charge in [-0.05, 0) is 52.0 Å². The molecule has 0 bridgehead atoms. The number of amides is 2. The van der Waals surface area contributed by atoms with E-state index < -0.39 is 43.9 Å². The van der Waals surface area contributed by atoms with Crippen molar-refractivity contribution in [3.63, 3.8) is 0 Å². The van der Waals surface area contributed by atoms with Gasteiger partial charge in [0.25, 0.3) is 0 Å². The maximum Gasteiger partial charge on any atom is 0.241 e. The van der Waals surface area contributed by atoms with Crippen molar-refractivity contribution >= 4 is 31.9 Å². The van der Waals surface area contributed by atoms with Crippen LogP contribution in [0.2, 0.25) is 0 Å². The third-order valence-corrected chi connectivity index (χ3v) is 9.83. The van der Waals surface area contributed by atoms with E-state index in [2.05, 4.69) is 9.44 Å². The fraction of sp³-hybridized carbons (Fsp3) is 0.500. The second-order valence-electron chi connectivity index (χ2n) is 10.2. The summed E-state index contributed by atoms with van der Waals surface area (Å²) in [6.45, 7) is 8.07. The zero-order chi connectivity index (χ0) is 30.9. The minimum absolute atomic E-state index is 0.0736. The van der Waals surface area contributed by atoms with E-state index in [0.717, 1.165) is 11.1 Å². The molecule has 0 spiro atoms. The maximum absolute atomic E-state index is 13.1. The predicted octanol–water partition coefficient (Wildman–Crippen LogP) is 1.04. The van der Waals surface area contributed by atoms with Crippen LogP contribution in [0.15, 0.2) is 58.3 Å². The van der Waals surface area contributed by atoms with Crippen LogP contribution in [0.4, 0.5) is 0 Å². The number of ether oxygens (including phenoxy) is 2. The highest BCUT2D eigenvalue weighted by Gasteiger charge is 2.28. The standard InChI is InChI=1S/C28H40N4O8S2/c1-21-5-9-25(10-6-21)41(35,36)29-23(3)27(33)31-13-17-39-19-15-32(16-20-40-18-14-31)28(34)24(4)30-42(37,38)26-11-7-22(2)8-12-26/h5-12,23-24,29-30H,13-20H2,1-4H3/t23-,24+. The molecule has 2 aromatic rings. The number of carbonyl (C=O) groups excluding carboxylic acids is 2. The summed E-state index contributed by atoms with van der Waals surface area (Å²) < 4.78 is 67.2. The lowest BCUT2D eigenvalue weighted by Crippen LogP contribution is -2.50. The summed E-state index contributed by atoms with van der Waals surface area (Å²) in [5.41, 5.74) is 1.84. The second kappa shape index (κ2) is 15.0. The Balaban J connectivity index is 1.54. The van der Waals surface area contributed by atoms with Crippen LogP contribution >= 0.6 is 0 Å². The molecule has 1 saturated heterocycles. The lowest BCUT2D eigenvalue weighted by molar-refractivity contribution is -0.136. The van der Waals surface area contributed by atoms with E-state index >= 15 is 0 Å². The Labute approximate surface area is 248 Å². The first kappa shape index (κ1) is 33.6. The zero-order valence-electron chi connectivity index (χ0n) is 24.4. The summed E-state index contributed by atoms with van der Waals surface area (Å²) in [6, 6.07) is 10.7. The summed E-state index contributed by atoms with van der Waals surface area (Å²) >= 11 is 0. The van der Waals surface area contributed by atoms with E-state index in [0.29, 0.717) is 0 Å². The van der Waals surface area contributed by atoms with E-state index in [1.807, 2.05) is 13.8 Å². The lowest BCUT2D eigenvalue weighted by Gasteiger charge is -2.29. The molecule has 0 unspecified atom stereocenters. The zero-order valence-corrected chi connectivity index (χ0v) is 26.0.